The molecule has 1 fully saturated rings. The first-order valence-corrected chi connectivity index (χ1v) is 10.4. The van der Waals surface area contributed by atoms with Gasteiger partial charge in [-0.3, -0.25) is 9.89 Å². The number of piperazine rings is 1. The van der Waals surface area contributed by atoms with Crippen LogP contribution in [0.5, 0.6) is 0 Å². The van der Waals surface area contributed by atoms with Gasteiger partial charge in [0.15, 0.2) is 5.65 Å². The van der Waals surface area contributed by atoms with Crippen molar-refractivity contribution in [3.8, 4) is 0 Å². The molecule has 3 heterocycles. The molecule has 0 saturated carbocycles. The topological polar surface area (TPSA) is 120 Å². The number of benzene rings is 1. The lowest BCUT2D eigenvalue weighted by atomic mass is 10.2. The highest BCUT2D eigenvalue weighted by Gasteiger charge is 2.25. The summed E-state index contributed by atoms with van der Waals surface area (Å²) in [6.45, 7) is 2.53. The highest BCUT2D eigenvalue weighted by atomic mass is 32.2. The van der Waals surface area contributed by atoms with Gasteiger partial charge >= 0.3 is 0 Å². The molecule has 3 aromatic rings. The van der Waals surface area contributed by atoms with Crippen LogP contribution in [0.2, 0.25) is 0 Å². The Morgan fingerprint density at radius 2 is 1.89 bits per heavy atom. The number of pyridine rings is 1. The van der Waals surface area contributed by atoms with Gasteiger partial charge in [0.05, 0.1) is 16.7 Å². The van der Waals surface area contributed by atoms with Crippen molar-refractivity contribution >= 4 is 27.0 Å². The van der Waals surface area contributed by atoms with Crippen molar-refractivity contribution in [3.05, 3.63) is 53.9 Å². The number of fused-ring (bicyclic) bond motifs is 1. The Bertz CT molecular complexity index is 1090. The number of hydrogen-bond acceptors (Lipinski definition) is 6. The number of rotatable bonds is 5. The van der Waals surface area contributed by atoms with E-state index >= 15 is 0 Å². The Labute approximate surface area is 162 Å². The minimum absolute atomic E-state index is 0.256. The van der Waals surface area contributed by atoms with Gasteiger partial charge in [0.1, 0.15) is 0 Å². The molecular formula is C18H20N6O3S. The van der Waals surface area contributed by atoms with Crippen molar-refractivity contribution in [2.45, 2.75) is 11.4 Å². The van der Waals surface area contributed by atoms with Gasteiger partial charge < -0.3 is 10.6 Å². The lowest BCUT2D eigenvalue weighted by Crippen LogP contribution is -2.46. The second-order valence-corrected chi connectivity index (χ2v) is 8.45. The molecule has 1 saturated heterocycles. The number of carbonyl (C=O) groups excluding carboxylic acids is 1. The van der Waals surface area contributed by atoms with E-state index in [2.05, 4.69) is 25.8 Å². The maximum Gasteiger partial charge on any atom is 0.253 e. The fourth-order valence-electron chi connectivity index (χ4n) is 3.06. The quantitative estimate of drug-likeness (QED) is 0.573. The number of aromatic amines is 1. The van der Waals surface area contributed by atoms with Crippen LogP contribution in [0.1, 0.15) is 15.9 Å². The monoisotopic (exact) mass is 400 g/mol. The maximum atomic E-state index is 12.6. The van der Waals surface area contributed by atoms with E-state index in [-0.39, 0.29) is 17.3 Å². The second-order valence-electron chi connectivity index (χ2n) is 6.51. The van der Waals surface area contributed by atoms with Gasteiger partial charge in [-0.1, -0.05) is 12.1 Å². The molecule has 4 rings (SSSR count). The average molecular weight is 400 g/mol. The van der Waals surface area contributed by atoms with Gasteiger partial charge in [0.2, 0.25) is 10.0 Å². The molecular weight excluding hydrogens is 380 g/mol. The Morgan fingerprint density at radius 1 is 1.14 bits per heavy atom. The van der Waals surface area contributed by atoms with Crippen LogP contribution >= 0.6 is 0 Å². The summed E-state index contributed by atoms with van der Waals surface area (Å²) in [5, 5.41) is 13.3. The zero-order valence-electron chi connectivity index (χ0n) is 15.1. The van der Waals surface area contributed by atoms with Crippen LogP contribution in [0, 0.1) is 0 Å². The number of nitrogens with one attached hydrogen (secondary N) is 3. The molecule has 9 nitrogen and oxygen atoms in total. The summed E-state index contributed by atoms with van der Waals surface area (Å²) in [6, 6.07) is 8.31. The number of sulfonamides is 1. The summed E-state index contributed by atoms with van der Waals surface area (Å²) < 4.78 is 26.8. The zero-order chi connectivity index (χ0) is 19.6. The summed E-state index contributed by atoms with van der Waals surface area (Å²) in [5.41, 5.74) is 1.87. The second kappa shape index (κ2) is 7.66. The molecule has 2 aromatic heterocycles. The van der Waals surface area contributed by atoms with Crippen LogP contribution < -0.4 is 10.6 Å². The number of aromatic nitrogens is 3. The predicted octanol–water partition coefficient (Wildman–Crippen LogP) is 0.482. The fraction of sp³-hybridized carbons (Fsp3) is 0.278. The first-order chi connectivity index (χ1) is 13.5. The Kier molecular flexibility index (Phi) is 5.07. The van der Waals surface area contributed by atoms with Gasteiger partial charge in [0.25, 0.3) is 5.91 Å². The standard InChI is InChI=1S/C18H20N6O3S/c25-18(15-9-14-12-22-23-17(14)20-11-15)21-10-13-1-3-16(4-2-13)28(26,27)24-7-5-19-6-8-24/h1-4,9,11-12,19H,5-8,10H2,(H,21,25)(H,20,22,23). The molecule has 0 radical (unpaired) electrons. The van der Waals surface area contributed by atoms with Crippen molar-refractivity contribution < 1.29 is 13.2 Å². The van der Waals surface area contributed by atoms with Gasteiger partial charge in [-0.05, 0) is 23.8 Å². The number of carbonyl (C=O) groups is 1. The largest absolute Gasteiger partial charge is 0.348 e. The van der Waals surface area contributed by atoms with Crippen molar-refractivity contribution in [2.24, 2.45) is 0 Å². The highest BCUT2D eigenvalue weighted by Crippen LogP contribution is 2.17. The summed E-state index contributed by atoms with van der Waals surface area (Å²) in [5.74, 6) is -0.256. The highest BCUT2D eigenvalue weighted by molar-refractivity contribution is 7.89. The molecule has 28 heavy (non-hydrogen) atoms. The van der Waals surface area contributed by atoms with Crippen LogP contribution in [-0.2, 0) is 16.6 Å². The first-order valence-electron chi connectivity index (χ1n) is 8.91. The third kappa shape index (κ3) is 3.75. The van der Waals surface area contributed by atoms with Crippen molar-refractivity contribution in [2.75, 3.05) is 26.2 Å². The molecule has 0 bridgehead atoms. The van der Waals surface area contributed by atoms with Crippen LogP contribution in [0.15, 0.2) is 47.6 Å². The Balaban J connectivity index is 1.40. The van der Waals surface area contributed by atoms with Crippen LogP contribution in [0.3, 0.4) is 0 Å². The van der Waals surface area contributed by atoms with E-state index in [0.717, 1.165) is 10.9 Å². The van der Waals surface area contributed by atoms with E-state index in [1.165, 1.54) is 10.5 Å². The lowest BCUT2D eigenvalue weighted by molar-refractivity contribution is 0.0950. The third-order valence-electron chi connectivity index (χ3n) is 4.64. The minimum atomic E-state index is -3.48. The van der Waals surface area contributed by atoms with Crippen molar-refractivity contribution in [3.63, 3.8) is 0 Å². The van der Waals surface area contributed by atoms with Crippen molar-refractivity contribution in [1.29, 1.82) is 0 Å². The smallest absolute Gasteiger partial charge is 0.253 e. The number of amides is 1. The molecule has 1 aliphatic heterocycles. The molecule has 0 unspecified atom stereocenters. The maximum absolute atomic E-state index is 12.6. The SMILES string of the molecule is O=C(NCc1ccc(S(=O)(=O)N2CCNCC2)cc1)c1cnc2[nH]ncc2c1. The molecule has 3 N–H and O–H groups in total. The van der Waals surface area contributed by atoms with E-state index in [4.69, 9.17) is 0 Å². The Hall–Kier alpha value is -2.82. The van der Waals surface area contributed by atoms with Crippen LogP contribution in [0.25, 0.3) is 11.0 Å². The number of hydrogen-bond donors (Lipinski definition) is 3. The van der Waals surface area contributed by atoms with Gasteiger partial charge in [-0.25, -0.2) is 13.4 Å². The van der Waals surface area contributed by atoms with Gasteiger partial charge in [0, 0.05) is 44.3 Å². The molecule has 10 heteroatoms. The summed E-state index contributed by atoms with van der Waals surface area (Å²) >= 11 is 0. The number of H-pyrrole nitrogens is 1. The van der Waals surface area contributed by atoms with E-state index in [9.17, 15) is 13.2 Å². The normalized spacial score (nSPS) is 15.6. The molecule has 1 amide bonds. The van der Waals surface area contributed by atoms with Gasteiger partial charge in [-0.2, -0.15) is 9.40 Å². The number of nitrogens with zero attached hydrogens (tertiary/aromatic N) is 3. The lowest BCUT2D eigenvalue weighted by Gasteiger charge is -2.26. The Morgan fingerprint density at radius 3 is 2.64 bits per heavy atom. The van der Waals surface area contributed by atoms with Gasteiger partial charge in [-0.15, -0.1) is 0 Å². The fourth-order valence-corrected chi connectivity index (χ4v) is 4.50. The van der Waals surface area contributed by atoms with E-state index in [0.29, 0.717) is 37.4 Å². The van der Waals surface area contributed by atoms with Crippen molar-refractivity contribution in [1.82, 2.24) is 30.1 Å². The van der Waals surface area contributed by atoms with E-state index < -0.39 is 10.0 Å². The molecule has 1 aliphatic rings. The predicted molar refractivity (Wildman–Crippen MR) is 103 cm³/mol. The average Bonchev–Trinajstić information content (AvgIpc) is 3.21. The molecule has 0 atom stereocenters. The van der Waals surface area contributed by atoms with E-state index in [1.807, 2.05) is 0 Å². The molecule has 0 spiro atoms. The van der Waals surface area contributed by atoms with E-state index in [1.54, 1.807) is 36.5 Å². The van der Waals surface area contributed by atoms with Crippen LogP contribution in [-0.4, -0.2) is 60.0 Å². The summed E-state index contributed by atoms with van der Waals surface area (Å²) in [7, 11) is -3.48. The zero-order valence-corrected chi connectivity index (χ0v) is 15.9. The first kappa shape index (κ1) is 18.5. The van der Waals surface area contributed by atoms with Crippen LogP contribution in [0.4, 0.5) is 0 Å². The summed E-state index contributed by atoms with van der Waals surface area (Å²) in [4.78, 5) is 16.7. The third-order valence-corrected chi connectivity index (χ3v) is 6.56. The summed E-state index contributed by atoms with van der Waals surface area (Å²) in [6.07, 6.45) is 3.09. The molecule has 0 aliphatic carbocycles. The molecule has 146 valence electrons. The molecule has 1 aromatic carbocycles. The minimum Gasteiger partial charge on any atom is -0.348 e.